The molecule has 39 heavy (non-hydrogen) atoms. The molecular weight excluding hydrogens is 502 g/mol. The number of nitrogens with one attached hydrogen (secondary N) is 1. The number of piperidine rings is 1. The molecule has 0 spiro atoms. The lowest BCUT2D eigenvalue weighted by Gasteiger charge is -2.33. The number of rotatable bonds is 13. The lowest BCUT2D eigenvalue weighted by molar-refractivity contribution is -0.777. The molecule has 1 amide bonds. The molecule has 1 heterocycles. The van der Waals surface area contributed by atoms with Crippen molar-refractivity contribution in [3.63, 3.8) is 0 Å². The van der Waals surface area contributed by atoms with Gasteiger partial charge in [0.2, 0.25) is 12.2 Å². The lowest BCUT2D eigenvalue weighted by Crippen LogP contribution is -2.34. The third-order valence-electron chi connectivity index (χ3n) is 6.49. The number of hydrogen-bond acceptors (Lipinski definition) is 8. The predicted molar refractivity (Wildman–Crippen MR) is 147 cm³/mol. The van der Waals surface area contributed by atoms with E-state index in [0.717, 1.165) is 25.1 Å². The van der Waals surface area contributed by atoms with Crippen LogP contribution in [0.25, 0.3) is 0 Å². The van der Waals surface area contributed by atoms with Crippen LogP contribution in [-0.2, 0) is 20.8 Å². The molecule has 1 aliphatic heterocycles. The monoisotopic (exact) mass is 541 g/mol. The molecule has 1 aliphatic rings. The SMILES string of the molecule is CCOc1cc(CC(=O)N[C@@H](CC(C)C)c2ccccc2N2CCCCC2)ccc1C(=O)OC(C)O[N+](=O)[O-]. The van der Waals surface area contributed by atoms with Crippen LogP contribution >= 0.6 is 0 Å². The van der Waals surface area contributed by atoms with Crippen LogP contribution in [0.1, 0.15) is 80.9 Å². The first kappa shape index (κ1) is 29.7. The van der Waals surface area contributed by atoms with Gasteiger partial charge in [-0.15, -0.1) is 10.1 Å². The van der Waals surface area contributed by atoms with Gasteiger partial charge in [0, 0.05) is 18.8 Å². The van der Waals surface area contributed by atoms with Crippen LogP contribution < -0.4 is 15.0 Å². The highest BCUT2D eigenvalue weighted by molar-refractivity contribution is 5.93. The summed E-state index contributed by atoms with van der Waals surface area (Å²) in [4.78, 5) is 43.0. The van der Waals surface area contributed by atoms with Gasteiger partial charge in [-0.05, 0) is 74.8 Å². The highest BCUT2D eigenvalue weighted by Crippen LogP contribution is 2.32. The molecular formula is C29H39N3O7. The topological polar surface area (TPSA) is 120 Å². The molecule has 2 aromatic carbocycles. The van der Waals surface area contributed by atoms with Gasteiger partial charge >= 0.3 is 5.97 Å². The van der Waals surface area contributed by atoms with Crippen LogP contribution in [0.4, 0.5) is 5.69 Å². The molecule has 10 nitrogen and oxygen atoms in total. The van der Waals surface area contributed by atoms with E-state index in [4.69, 9.17) is 9.47 Å². The molecule has 0 saturated carbocycles. The number of hydrogen-bond donors (Lipinski definition) is 1. The van der Waals surface area contributed by atoms with E-state index >= 15 is 0 Å². The van der Waals surface area contributed by atoms with E-state index in [1.54, 1.807) is 19.1 Å². The summed E-state index contributed by atoms with van der Waals surface area (Å²) in [6.45, 7) is 9.62. The van der Waals surface area contributed by atoms with Gasteiger partial charge in [-0.25, -0.2) is 4.79 Å². The lowest BCUT2D eigenvalue weighted by atomic mass is 9.94. The van der Waals surface area contributed by atoms with Crippen molar-refractivity contribution in [2.24, 2.45) is 5.92 Å². The van der Waals surface area contributed by atoms with E-state index in [9.17, 15) is 19.7 Å². The zero-order chi connectivity index (χ0) is 28.4. The predicted octanol–water partition coefficient (Wildman–Crippen LogP) is 5.23. The maximum Gasteiger partial charge on any atom is 0.343 e. The molecule has 0 radical (unpaired) electrons. The van der Waals surface area contributed by atoms with E-state index in [0.29, 0.717) is 11.5 Å². The number of amides is 1. The molecule has 1 N–H and O–H groups in total. The van der Waals surface area contributed by atoms with Crippen molar-refractivity contribution < 1.29 is 29.0 Å². The molecule has 212 valence electrons. The van der Waals surface area contributed by atoms with Crippen LogP contribution in [-0.4, -0.2) is 42.9 Å². The zero-order valence-electron chi connectivity index (χ0n) is 23.2. The quantitative estimate of drug-likeness (QED) is 0.158. The third-order valence-corrected chi connectivity index (χ3v) is 6.49. The molecule has 1 saturated heterocycles. The van der Waals surface area contributed by atoms with E-state index in [1.165, 1.54) is 37.9 Å². The maximum atomic E-state index is 13.3. The second-order valence-electron chi connectivity index (χ2n) is 10.1. The minimum Gasteiger partial charge on any atom is -0.493 e. The maximum absolute atomic E-state index is 13.3. The summed E-state index contributed by atoms with van der Waals surface area (Å²) in [7, 11) is 0. The summed E-state index contributed by atoms with van der Waals surface area (Å²) in [6.07, 6.45) is 3.10. The zero-order valence-corrected chi connectivity index (χ0v) is 23.2. The van der Waals surface area contributed by atoms with Crippen LogP contribution in [0.5, 0.6) is 5.75 Å². The van der Waals surface area contributed by atoms with Crippen LogP contribution in [0.3, 0.4) is 0 Å². The summed E-state index contributed by atoms with van der Waals surface area (Å²) >= 11 is 0. The average molecular weight is 542 g/mol. The average Bonchev–Trinajstić information content (AvgIpc) is 2.88. The second-order valence-corrected chi connectivity index (χ2v) is 10.1. The normalized spacial score (nSPS) is 14.8. The number of nitrogens with zero attached hydrogens (tertiary/aromatic N) is 2. The van der Waals surface area contributed by atoms with Crippen molar-refractivity contribution >= 4 is 17.6 Å². The van der Waals surface area contributed by atoms with Gasteiger partial charge in [-0.1, -0.05) is 38.1 Å². The number of para-hydroxylation sites is 1. The first-order chi connectivity index (χ1) is 18.7. The van der Waals surface area contributed by atoms with Gasteiger partial charge in [-0.3, -0.25) is 9.63 Å². The van der Waals surface area contributed by atoms with Crippen LogP contribution in [0.2, 0.25) is 0 Å². The van der Waals surface area contributed by atoms with Gasteiger partial charge in [0.05, 0.1) is 19.1 Å². The van der Waals surface area contributed by atoms with Crippen molar-refractivity contribution in [3.05, 3.63) is 69.3 Å². The van der Waals surface area contributed by atoms with Crippen molar-refractivity contribution in [1.82, 2.24) is 5.32 Å². The van der Waals surface area contributed by atoms with Crippen LogP contribution in [0, 0.1) is 16.0 Å². The van der Waals surface area contributed by atoms with Gasteiger partial charge < -0.3 is 19.7 Å². The fourth-order valence-corrected chi connectivity index (χ4v) is 4.85. The van der Waals surface area contributed by atoms with Crippen molar-refractivity contribution in [1.29, 1.82) is 0 Å². The van der Waals surface area contributed by atoms with Crippen molar-refractivity contribution in [2.75, 3.05) is 24.6 Å². The Morgan fingerprint density at radius 1 is 1.08 bits per heavy atom. The summed E-state index contributed by atoms with van der Waals surface area (Å²) in [5.41, 5.74) is 3.06. The smallest absolute Gasteiger partial charge is 0.343 e. The number of esters is 1. The molecule has 3 rings (SSSR count). The van der Waals surface area contributed by atoms with Gasteiger partial charge in [0.25, 0.3) is 5.09 Å². The fraction of sp³-hybridized carbons (Fsp3) is 0.517. The number of benzene rings is 2. The molecule has 10 heteroatoms. The highest BCUT2D eigenvalue weighted by Gasteiger charge is 2.24. The molecule has 1 fully saturated rings. The van der Waals surface area contributed by atoms with E-state index in [2.05, 4.69) is 41.0 Å². The summed E-state index contributed by atoms with van der Waals surface area (Å²) in [5.74, 6) is -0.355. The highest BCUT2D eigenvalue weighted by atomic mass is 17.0. The number of carbonyl (C=O) groups is 2. The first-order valence-corrected chi connectivity index (χ1v) is 13.6. The Bertz CT molecular complexity index is 1130. The summed E-state index contributed by atoms with van der Waals surface area (Å²) < 4.78 is 10.6. The first-order valence-electron chi connectivity index (χ1n) is 13.6. The molecule has 0 aliphatic carbocycles. The van der Waals surface area contributed by atoms with Crippen molar-refractivity contribution in [3.8, 4) is 5.75 Å². The van der Waals surface area contributed by atoms with E-state index in [-0.39, 0.29) is 36.3 Å². The third kappa shape index (κ3) is 8.87. The Hall–Kier alpha value is -3.82. The fourth-order valence-electron chi connectivity index (χ4n) is 4.85. The number of anilines is 1. The van der Waals surface area contributed by atoms with E-state index < -0.39 is 17.3 Å². The molecule has 0 aromatic heterocycles. The van der Waals surface area contributed by atoms with E-state index in [1.807, 2.05) is 12.1 Å². The Morgan fingerprint density at radius 3 is 2.46 bits per heavy atom. The summed E-state index contributed by atoms with van der Waals surface area (Å²) in [5, 5.41) is 12.7. The minimum atomic E-state index is -1.38. The number of carbonyl (C=O) groups excluding carboxylic acids is 2. The molecule has 1 unspecified atom stereocenters. The van der Waals surface area contributed by atoms with Crippen molar-refractivity contribution in [2.45, 2.75) is 72.1 Å². The largest absolute Gasteiger partial charge is 0.493 e. The number of ether oxygens (including phenoxy) is 2. The standard InChI is InChI=1S/C29H39N3O7/c1-5-37-27-18-22(13-14-24(27)29(34)38-21(4)39-32(35)36)19-28(33)30-25(17-20(2)3)23-11-7-8-12-26(23)31-15-9-6-10-16-31/h7-8,11-14,18,20-21,25H,5-6,9-10,15-17,19H2,1-4H3,(H,30,33)/t21?,25-/m0/s1. The van der Waals surface area contributed by atoms with Gasteiger partial charge in [0.1, 0.15) is 11.3 Å². The molecule has 2 aromatic rings. The summed E-state index contributed by atoms with van der Waals surface area (Å²) in [6, 6.07) is 12.9. The van der Waals surface area contributed by atoms with Gasteiger partial charge in [-0.2, -0.15) is 0 Å². The Labute approximate surface area is 229 Å². The van der Waals surface area contributed by atoms with Gasteiger partial charge in [0.15, 0.2) is 0 Å². The Balaban J connectivity index is 1.76. The Kier molecular flexibility index (Phi) is 11.0. The Morgan fingerprint density at radius 2 is 1.79 bits per heavy atom. The minimum absolute atomic E-state index is 0.0907. The molecule has 2 atom stereocenters. The molecule has 0 bridgehead atoms. The van der Waals surface area contributed by atoms with Crippen LogP contribution in [0.15, 0.2) is 42.5 Å². The second kappa shape index (κ2) is 14.4.